The van der Waals surface area contributed by atoms with Crippen molar-refractivity contribution in [1.82, 2.24) is 25.1 Å². The number of aromatic amines is 1. The lowest BCUT2D eigenvalue weighted by Crippen LogP contribution is -2.27. The largest absolute Gasteiger partial charge is 0.355 e. The van der Waals surface area contributed by atoms with Gasteiger partial charge in [-0.25, -0.2) is 9.67 Å². The third-order valence-corrected chi connectivity index (χ3v) is 5.50. The quantitative estimate of drug-likeness (QED) is 0.340. The highest BCUT2D eigenvalue weighted by molar-refractivity contribution is 7.99. The Morgan fingerprint density at radius 3 is 2.80 bits per heavy atom. The molecule has 0 aliphatic rings. The molecule has 1 amide bonds. The molecule has 0 saturated carbocycles. The van der Waals surface area contributed by atoms with Gasteiger partial charge in [-0.15, -0.1) is 0 Å². The SMILES string of the molecule is O=C(CSc1nc2c(cnn2-c2cccc(Cl)c2)c(=O)[nH]1)NCCc1ccccc1. The van der Waals surface area contributed by atoms with Gasteiger partial charge >= 0.3 is 0 Å². The maximum Gasteiger partial charge on any atom is 0.262 e. The van der Waals surface area contributed by atoms with Crippen molar-refractivity contribution in [1.29, 1.82) is 0 Å². The zero-order valence-corrected chi connectivity index (χ0v) is 17.4. The van der Waals surface area contributed by atoms with Crippen LogP contribution in [0.25, 0.3) is 16.7 Å². The molecular weight excluding hydrogens is 422 g/mol. The topological polar surface area (TPSA) is 92.7 Å². The van der Waals surface area contributed by atoms with Gasteiger partial charge in [-0.05, 0) is 30.2 Å². The fraction of sp³-hybridized carbons (Fsp3) is 0.143. The van der Waals surface area contributed by atoms with E-state index in [9.17, 15) is 9.59 Å². The lowest BCUT2D eigenvalue weighted by Gasteiger charge is -2.06. The first-order valence-corrected chi connectivity index (χ1v) is 10.6. The van der Waals surface area contributed by atoms with Crippen molar-refractivity contribution in [2.75, 3.05) is 12.3 Å². The minimum absolute atomic E-state index is 0.123. The van der Waals surface area contributed by atoms with Gasteiger partial charge in [0.1, 0.15) is 5.39 Å². The average molecular weight is 440 g/mol. The Balaban J connectivity index is 1.43. The summed E-state index contributed by atoms with van der Waals surface area (Å²) >= 11 is 7.23. The number of hydrogen-bond donors (Lipinski definition) is 2. The summed E-state index contributed by atoms with van der Waals surface area (Å²) in [5, 5.41) is 8.42. The number of nitrogens with zero attached hydrogens (tertiary/aromatic N) is 3. The normalized spacial score (nSPS) is 11.0. The van der Waals surface area contributed by atoms with E-state index in [0.29, 0.717) is 33.4 Å². The van der Waals surface area contributed by atoms with Gasteiger partial charge in [0.15, 0.2) is 10.8 Å². The highest BCUT2D eigenvalue weighted by atomic mass is 35.5. The summed E-state index contributed by atoms with van der Waals surface area (Å²) in [6.45, 7) is 0.550. The van der Waals surface area contributed by atoms with Crippen LogP contribution < -0.4 is 10.9 Å². The number of amides is 1. The Morgan fingerprint density at radius 2 is 2.00 bits per heavy atom. The maximum atomic E-state index is 12.4. The molecule has 2 aromatic carbocycles. The average Bonchev–Trinajstić information content (AvgIpc) is 3.18. The number of hydrogen-bond acceptors (Lipinski definition) is 5. The second-order valence-corrected chi connectivity index (χ2v) is 7.92. The van der Waals surface area contributed by atoms with Crippen molar-refractivity contribution >= 4 is 40.3 Å². The molecule has 2 N–H and O–H groups in total. The standard InChI is InChI=1S/C21H18ClN5O2S/c22-15-7-4-8-16(11-15)27-19-17(12-24-27)20(29)26-21(25-19)30-13-18(28)23-10-9-14-5-2-1-3-6-14/h1-8,11-12H,9-10,13H2,(H,23,28)(H,25,26,29). The zero-order valence-electron chi connectivity index (χ0n) is 15.8. The molecule has 152 valence electrons. The number of carbonyl (C=O) groups is 1. The summed E-state index contributed by atoms with van der Waals surface area (Å²) in [5.41, 5.74) is 1.97. The van der Waals surface area contributed by atoms with E-state index in [1.165, 1.54) is 18.0 Å². The van der Waals surface area contributed by atoms with E-state index >= 15 is 0 Å². The van der Waals surface area contributed by atoms with Crippen LogP contribution in [0.1, 0.15) is 5.56 Å². The number of thioether (sulfide) groups is 1. The third-order valence-electron chi connectivity index (χ3n) is 4.39. The smallest absolute Gasteiger partial charge is 0.262 e. The highest BCUT2D eigenvalue weighted by Crippen LogP contribution is 2.19. The predicted octanol–water partition coefficient (Wildman–Crippen LogP) is 3.21. The number of aromatic nitrogens is 4. The summed E-state index contributed by atoms with van der Waals surface area (Å²) < 4.78 is 1.56. The molecule has 0 bridgehead atoms. The molecule has 9 heteroatoms. The van der Waals surface area contributed by atoms with Crippen LogP contribution in [-0.2, 0) is 11.2 Å². The lowest BCUT2D eigenvalue weighted by molar-refractivity contribution is -0.118. The molecule has 0 atom stereocenters. The maximum absolute atomic E-state index is 12.4. The van der Waals surface area contributed by atoms with Crippen LogP contribution in [0.5, 0.6) is 0 Å². The first-order chi connectivity index (χ1) is 14.6. The van der Waals surface area contributed by atoms with Gasteiger partial charge in [0.05, 0.1) is 17.6 Å². The van der Waals surface area contributed by atoms with Crippen LogP contribution in [0.4, 0.5) is 0 Å². The summed E-state index contributed by atoms with van der Waals surface area (Å²) in [6.07, 6.45) is 2.23. The van der Waals surface area contributed by atoms with Crippen molar-refractivity contribution in [3.63, 3.8) is 0 Å². The molecule has 0 fully saturated rings. The third kappa shape index (κ3) is 4.72. The minimum atomic E-state index is -0.305. The molecular formula is C21H18ClN5O2S. The molecule has 2 heterocycles. The predicted molar refractivity (Wildman–Crippen MR) is 118 cm³/mol. The fourth-order valence-corrected chi connectivity index (χ4v) is 3.81. The number of H-pyrrole nitrogens is 1. The van der Waals surface area contributed by atoms with Gasteiger partial charge in [-0.1, -0.05) is 59.8 Å². The van der Waals surface area contributed by atoms with E-state index in [4.69, 9.17) is 11.6 Å². The van der Waals surface area contributed by atoms with E-state index < -0.39 is 0 Å². The van der Waals surface area contributed by atoms with Crippen LogP contribution >= 0.6 is 23.4 Å². The molecule has 0 aliphatic carbocycles. The molecule has 7 nitrogen and oxygen atoms in total. The van der Waals surface area contributed by atoms with Crippen LogP contribution in [0.2, 0.25) is 5.02 Å². The summed E-state index contributed by atoms with van der Waals surface area (Å²) in [5.74, 6) is 0.0242. The molecule has 0 aliphatic heterocycles. The van der Waals surface area contributed by atoms with Gasteiger partial charge in [0.2, 0.25) is 5.91 Å². The Hall–Kier alpha value is -3.10. The van der Waals surface area contributed by atoms with Gasteiger partial charge in [0.25, 0.3) is 5.56 Å². The number of fused-ring (bicyclic) bond motifs is 1. The van der Waals surface area contributed by atoms with Crippen LogP contribution in [-0.4, -0.2) is 38.0 Å². The summed E-state index contributed by atoms with van der Waals surface area (Å²) in [6, 6.07) is 17.1. The number of benzene rings is 2. The zero-order chi connectivity index (χ0) is 20.9. The summed E-state index contributed by atoms with van der Waals surface area (Å²) in [4.78, 5) is 31.7. The first kappa shape index (κ1) is 20.2. The van der Waals surface area contributed by atoms with Crippen molar-refractivity contribution in [2.24, 2.45) is 0 Å². The van der Waals surface area contributed by atoms with E-state index in [1.54, 1.807) is 22.9 Å². The van der Waals surface area contributed by atoms with Crippen molar-refractivity contribution in [3.8, 4) is 5.69 Å². The number of rotatable bonds is 7. The molecule has 4 rings (SSSR count). The van der Waals surface area contributed by atoms with Crippen molar-refractivity contribution < 1.29 is 4.79 Å². The number of halogens is 1. The number of carbonyl (C=O) groups excluding carboxylic acids is 1. The molecule has 2 aromatic heterocycles. The van der Waals surface area contributed by atoms with E-state index in [1.807, 2.05) is 36.4 Å². The van der Waals surface area contributed by atoms with Gasteiger partial charge < -0.3 is 10.3 Å². The van der Waals surface area contributed by atoms with Crippen LogP contribution in [0.15, 0.2) is 70.7 Å². The first-order valence-electron chi connectivity index (χ1n) is 9.27. The van der Waals surface area contributed by atoms with E-state index in [2.05, 4.69) is 20.4 Å². The molecule has 0 radical (unpaired) electrons. The Labute approximate surface area is 181 Å². The summed E-state index contributed by atoms with van der Waals surface area (Å²) in [7, 11) is 0. The van der Waals surface area contributed by atoms with Gasteiger partial charge in [0, 0.05) is 11.6 Å². The highest BCUT2D eigenvalue weighted by Gasteiger charge is 2.13. The Kier molecular flexibility index (Phi) is 6.15. The second-order valence-electron chi connectivity index (χ2n) is 6.52. The van der Waals surface area contributed by atoms with Crippen LogP contribution in [0.3, 0.4) is 0 Å². The van der Waals surface area contributed by atoms with Crippen molar-refractivity contribution in [3.05, 3.63) is 81.7 Å². The lowest BCUT2D eigenvalue weighted by atomic mass is 10.1. The fourth-order valence-electron chi connectivity index (χ4n) is 2.94. The molecule has 4 aromatic rings. The monoisotopic (exact) mass is 439 g/mol. The van der Waals surface area contributed by atoms with Crippen LogP contribution in [0, 0.1) is 0 Å². The van der Waals surface area contributed by atoms with Crippen molar-refractivity contribution in [2.45, 2.75) is 11.6 Å². The minimum Gasteiger partial charge on any atom is -0.355 e. The van der Waals surface area contributed by atoms with Gasteiger partial charge in [-0.2, -0.15) is 5.10 Å². The molecule has 0 saturated heterocycles. The molecule has 0 unspecified atom stereocenters. The number of nitrogens with one attached hydrogen (secondary N) is 2. The second kappa shape index (κ2) is 9.15. The Bertz CT molecular complexity index is 1240. The van der Waals surface area contributed by atoms with E-state index in [-0.39, 0.29) is 17.2 Å². The Morgan fingerprint density at radius 1 is 1.17 bits per heavy atom. The van der Waals surface area contributed by atoms with E-state index in [0.717, 1.165) is 12.0 Å². The molecule has 30 heavy (non-hydrogen) atoms. The molecule has 0 spiro atoms. The van der Waals surface area contributed by atoms with Gasteiger partial charge in [-0.3, -0.25) is 9.59 Å².